The topological polar surface area (TPSA) is 81.2 Å². The molecule has 0 amide bonds. The third kappa shape index (κ3) is 3.74. The van der Waals surface area contributed by atoms with E-state index < -0.39 is 4.92 Å². The number of benzene rings is 2. The SMILES string of the molecule is Cc1ccc(C)c(SCc2ccc([N+](=O)[O-])c(NN)c2)c1. The van der Waals surface area contributed by atoms with Gasteiger partial charge in [-0.2, -0.15) is 0 Å². The summed E-state index contributed by atoms with van der Waals surface area (Å²) in [5.41, 5.74) is 6.13. The second kappa shape index (κ2) is 6.60. The van der Waals surface area contributed by atoms with Gasteiger partial charge in [0.1, 0.15) is 5.69 Å². The van der Waals surface area contributed by atoms with E-state index in [0.717, 1.165) is 11.3 Å². The number of nitrogen functional groups attached to an aromatic ring is 1. The van der Waals surface area contributed by atoms with Crippen molar-refractivity contribution in [2.24, 2.45) is 5.84 Å². The zero-order chi connectivity index (χ0) is 15.4. The molecule has 0 aliphatic rings. The number of thioether (sulfide) groups is 1. The van der Waals surface area contributed by atoms with Crippen molar-refractivity contribution in [1.29, 1.82) is 0 Å². The summed E-state index contributed by atoms with van der Waals surface area (Å²) >= 11 is 1.71. The standard InChI is InChI=1S/C15H17N3O2S/c1-10-3-4-11(2)15(7-10)21-9-12-5-6-14(18(19)20)13(8-12)17-16/h3-8,17H,9,16H2,1-2H3. The monoisotopic (exact) mass is 303 g/mol. The summed E-state index contributed by atoms with van der Waals surface area (Å²) in [6.07, 6.45) is 0. The van der Waals surface area contributed by atoms with Gasteiger partial charge in [-0.25, -0.2) is 0 Å². The van der Waals surface area contributed by atoms with E-state index in [0.29, 0.717) is 5.69 Å². The predicted octanol–water partition coefficient (Wildman–Crippen LogP) is 3.79. The van der Waals surface area contributed by atoms with Gasteiger partial charge >= 0.3 is 0 Å². The van der Waals surface area contributed by atoms with Gasteiger partial charge in [0.2, 0.25) is 0 Å². The first-order chi connectivity index (χ1) is 10.0. The molecule has 0 spiro atoms. The molecule has 0 radical (unpaired) electrons. The lowest BCUT2D eigenvalue weighted by Crippen LogP contribution is -2.09. The fourth-order valence-corrected chi connectivity index (χ4v) is 3.04. The average molecular weight is 303 g/mol. The highest BCUT2D eigenvalue weighted by molar-refractivity contribution is 7.98. The van der Waals surface area contributed by atoms with E-state index in [1.54, 1.807) is 23.9 Å². The van der Waals surface area contributed by atoms with Gasteiger partial charge in [-0.3, -0.25) is 16.0 Å². The molecule has 0 aromatic heterocycles. The van der Waals surface area contributed by atoms with E-state index in [1.165, 1.54) is 22.1 Å². The van der Waals surface area contributed by atoms with Crippen molar-refractivity contribution in [3.8, 4) is 0 Å². The van der Waals surface area contributed by atoms with Crippen molar-refractivity contribution in [2.45, 2.75) is 24.5 Å². The van der Waals surface area contributed by atoms with E-state index >= 15 is 0 Å². The first kappa shape index (κ1) is 15.3. The Bertz CT molecular complexity index is 674. The minimum absolute atomic E-state index is 0.0158. The zero-order valence-corrected chi connectivity index (χ0v) is 12.7. The highest BCUT2D eigenvalue weighted by Gasteiger charge is 2.13. The summed E-state index contributed by atoms with van der Waals surface area (Å²) in [7, 11) is 0. The number of nitro benzene ring substituents is 1. The van der Waals surface area contributed by atoms with Crippen LogP contribution in [-0.2, 0) is 5.75 Å². The summed E-state index contributed by atoms with van der Waals surface area (Å²) in [5.74, 6) is 6.08. The molecule has 0 bridgehead atoms. The minimum atomic E-state index is -0.448. The number of hydrazine groups is 1. The maximum absolute atomic E-state index is 10.9. The Hall–Kier alpha value is -2.05. The van der Waals surface area contributed by atoms with Crippen LogP contribution < -0.4 is 11.3 Å². The second-order valence-electron chi connectivity index (χ2n) is 4.81. The van der Waals surface area contributed by atoms with Gasteiger partial charge in [-0.05, 0) is 37.1 Å². The van der Waals surface area contributed by atoms with Crippen LogP contribution in [0.5, 0.6) is 0 Å². The number of nitrogens with zero attached hydrogens (tertiary/aromatic N) is 1. The van der Waals surface area contributed by atoms with Crippen LogP contribution in [0, 0.1) is 24.0 Å². The molecule has 0 aliphatic heterocycles. The molecule has 2 rings (SSSR count). The fraction of sp³-hybridized carbons (Fsp3) is 0.200. The third-order valence-electron chi connectivity index (χ3n) is 3.15. The number of nitrogens with one attached hydrogen (secondary N) is 1. The molecule has 2 aromatic rings. The molecule has 0 atom stereocenters. The predicted molar refractivity (Wildman–Crippen MR) is 86.4 cm³/mol. The molecule has 21 heavy (non-hydrogen) atoms. The molecule has 0 saturated carbocycles. The van der Waals surface area contributed by atoms with Crippen LogP contribution in [0.4, 0.5) is 11.4 Å². The maximum atomic E-state index is 10.9. The first-order valence-corrected chi connectivity index (χ1v) is 7.44. The molecule has 6 heteroatoms. The van der Waals surface area contributed by atoms with Crippen molar-refractivity contribution in [2.75, 3.05) is 5.43 Å². The summed E-state index contributed by atoms with van der Waals surface area (Å²) < 4.78 is 0. The Morgan fingerprint density at radius 1 is 1.24 bits per heavy atom. The molecule has 0 unspecified atom stereocenters. The minimum Gasteiger partial charge on any atom is -0.318 e. The number of rotatable bonds is 5. The fourth-order valence-electron chi connectivity index (χ4n) is 1.97. The van der Waals surface area contributed by atoms with E-state index in [1.807, 2.05) is 0 Å². The number of hydrogen-bond donors (Lipinski definition) is 2. The molecule has 0 fully saturated rings. The number of aryl methyl sites for hydroxylation is 2. The van der Waals surface area contributed by atoms with E-state index in [2.05, 4.69) is 37.5 Å². The molecule has 3 N–H and O–H groups in total. The van der Waals surface area contributed by atoms with Gasteiger partial charge in [0, 0.05) is 16.7 Å². The molecule has 2 aromatic carbocycles. The van der Waals surface area contributed by atoms with Crippen LogP contribution >= 0.6 is 11.8 Å². The highest BCUT2D eigenvalue weighted by atomic mass is 32.2. The summed E-state index contributed by atoms with van der Waals surface area (Å²) in [4.78, 5) is 11.6. The molecule has 0 heterocycles. The van der Waals surface area contributed by atoms with Crippen LogP contribution in [0.2, 0.25) is 0 Å². The van der Waals surface area contributed by atoms with Gasteiger partial charge in [0.05, 0.1) is 4.92 Å². The van der Waals surface area contributed by atoms with Crippen molar-refractivity contribution >= 4 is 23.1 Å². The van der Waals surface area contributed by atoms with Gasteiger partial charge in [-0.15, -0.1) is 11.8 Å². The van der Waals surface area contributed by atoms with Crippen molar-refractivity contribution in [3.05, 3.63) is 63.2 Å². The van der Waals surface area contributed by atoms with Crippen molar-refractivity contribution in [1.82, 2.24) is 0 Å². The Morgan fingerprint density at radius 2 is 2.00 bits per heavy atom. The van der Waals surface area contributed by atoms with Crippen LogP contribution in [0.1, 0.15) is 16.7 Å². The van der Waals surface area contributed by atoms with Crippen molar-refractivity contribution in [3.63, 3.8) is 0 Å². The maximum Gasteiger partial charge on any atom is 0.293 e. The van der Waals surface area contributed by atoms with Crippen LogP contribution in [-0.4, -0.2) is 4.92 Å². The lowest BCUT2D eigenvalue weighted by molar-refractivity contribution is -0.384. The third-order valence-corrected chi connectivity index (χ3v) is 4.38. The Labute approximate surface area is 127 Å². The van der Waals surface area contributed by atoms with Crippen LogP contribution in [0.25, 0.3) is 0 Å². The normalized spacial score (nSPS) is 10.4. The number of anilines is 1. The Morgan fingerprint density at radius 3 is 2.67 bits per heavy atom. The van der Waals surface area contributed by atoms with Crippen LogP contribution in [0.3, 0.4) is 0 Å². The van der Waals surface area contributed by atoms with Gasteiger partial charge in [0.15, 0.2) is 0 Å². The summed E-state index contributed by atoms with van der Waals surface area (Å²) in [6.45, 7) is 4.14. The summed E-state index contributed by atoms with van der Waals surface area (Å²) in [6, 6.07) is 11.3. The smallest absolute Gasteiger partial charge is 0.293 e. The lowest BCUT2D eigenvalue weighted by atomic mass is 10.2. The molecule has 0 saturated heterocycles. The molecule has 110 valence electrons. The largest absolute Gasteiger partial charge is 0.318 e. The van der Waals surface area contributed by atoms with Crippen LogP contribution in [0.15, 0.2) is 41.3 Å². The number of hydrogen-bond acceptors (Lipinski definition) is 5. The average Bonchev–Trinajstić information content (AvgIpc) is 2.47. The molecule has 0 aliphatic carbocycles. The molecular weight excluding hydrogens is 286 g/mol. The second-order valence-corrected chi connectivity index (χ2v) is 5.83. The molecule has 5 nitrogen and oxygen atoms in total. The number of nitrogens with two attached hydrogens (primary N) is 1. The summed E-state index contributed by atoms with van der Waals surface area (Å²) in [5, 5.41) is 10.9. The zero-order valence-electron chi connectivity index (χ0n) is 11.9. The first-order valence-electron chi connectivity index (χ1n) is 6.45. The Kier molecular flexibility index (Phi) is 4.82. The number of nitro groups is 1. The Balaban J connectivity index is 2.17. The quantitative estimate of drug-likeness (QED) is 0.380. The highest BCUT2D eigenvalue weighted by Crippen LogP contribution is 2.30. The van der Waals surface area contributed by atoms with E-state index in [9.17, 15) is 10.1 Å². The molecular formula is C15H17N3O2S. The van der Waals surface area contributed by atoms with E-state index in [4.69, 9.17) is 5.84 Å². The van der Waals surface area contributed by atoms with E-state index in [-0.39, 0.29) is 5.69 Å². The van der Waals surface area contributed by atoms with Crippen molar-refractivity contribution < 1.29 is 4.92 Å². The van der Waals surface area contributed by atoms with Gasteiger partial charge in [-0.1, -0.05) is 23.8 Å². The lowest BCUT2D eigenvalue weighted by Gasteiger charge is -2.08. The van der Waals surface area contributed by atoms with Gasteiger partial charge < -0.3 is 5.43 Å². The van der Waals surface area contributed by atoms with Gasteiger partial charge in [0.25, 0.3) is 5.69 Å².